The monoisotopic (exact) mass is 404 g/mol. The van der Waals surface area contributed by atoms with Crippen molar-refractivity contribution in [3.05, 3.63) is 48.0 Å². The van der Waals surface area contributed by atoms with E-state index in [4.69, 9.17) is 9.47 Å². The topological polar surface area (TPSA) is 76.2 Å². The maximum Gasteiger partial charge on any atom is 0.248 e. The van der Waals surface area contributed by atoms with E-state index in [1.54, 1.807) is 23.1 Å². The van der Waals surface area contributed by atoms with Gasteiger partial charge < -0.3 is 14.4 Å². The van der Waals surface area contributed by atoms with Crippen LogP contribution in [0.3, 0.4) is 0 Å². The average molecular weight is 404 g/mol. The number of methoxy groups -OCH3 is 2. The molecule has 1 atom stereocenters. The number of para-hydroxylation sites is 1. The predicted octanol–water partition coefficient (Wildman–Crippen LogP) is 2.45. The number of sulfonamides is 1. The fourth-order valence-electron chi connectivity index (χ4n) is 3.52. The Labute approximate surface area is 165 Å². The Hall–Kier alpha value is -2.74. The van der Waals surface area contributed by atoms with Crippen molar-refractivity contribution in [3.63, 3.8) is 0 Å². The van der Waals surface area contributed by atoms with Gasteiger partial charge in [-0.25, -0.2) is 8.42 Å². The van der Waals surface area contributed by atoms with Crippen molar-refractivity contribution in [2.24, 2.45) is 0 Å². The van der Waals surface area contributed by atoms with Gasteiger partial charge in [-0.15, -0.1) is 0 Å². The second-order valence-electron chi connectivity index (χ2n) is 6.75. The SMILES string of the molecule is COc1ccc(N(CC(=O)N2c3ccccc3CC2C)S(C)(=O)=O)cc1OC. The summed E-state index contributed by atoms with van der Waals surface area (Å²) in [5.41, 5.74) is 2.26. The number of nitrogens with zero attached hydrogens (tertiary/aromatic N) is 2. The minimum absolute atomic E-state index is 0.0308. The van der Waals surface area contributed by atoms with Gasteiger partial charge in [0.1, 0.15) is 6.54 Å². The number of fused-ring (bicyclic) bond motifs is 1. The van der Waals surface area contributed by atoms with Gasteiger partial charge in [0.2, 0.25) is 15.9 Å². The summed E-state index contributed by atoms with van der Waals surface area (Å²) in [4.78, 5) is 14.8. The quantitative estimate of drug-likeness (QED) is 0.739. The van der Waals surface area contributed by atoms with Crippen molar-refractivity contribution in [3.8, 4) is 11.5 Å². The van der Waals surface area contributed by atoms with E-state index in [-0.39, 0.29) is 18.5 Å². The highest BCUT2D eigenvalue weighted by molar-refractivity contribution is 7.92. The van der Waals surface area contributed by atoms with Crippen LogP contribution in [-0.2, 0) is 21.2 Å². The first-order chi connectivity index (χ1) is 13.3. The number of hydrogen-bond acceptors (Lipinski definition) is 5. The largest absolute Gasteiger partial charge is 0.493 e. The fourth-order valence-corrected chi connectivity index (χ4v) is 4.37. The van der Waals surface area contributed by atoms with Gasteiger partial charge in [-0.2, -0.15) is 0 Å². The van der Waals surface area contributed by atoms with Gasteiger partial charge in [0.25, 0.3) is 0 Å². The third-order valence-corrected chi connectivity index (χ3v) is 5.95. The molecule has 0 bridgehead atoms. The lowest BCUT2D eigenvalue weighted by molar-refractivity contribution is -0.117. The molecule has 0 spiro atoms. The summed E-state index contributed by atoms with van der Waals surface area (Å²) in [7, 11) is -0.718. The van der Waals surface area contributed by atoms with Crippen LogP contribution in [0.5, 0.6) is 11.5 Å². The van der Waals surface area contributed by atoms with Crippen LogP contribution in [0.1, 0.15) is 12.5 Å². The zero-order valence-corrected chi connectivity index (χ0v) is 17.2. The Balaban J connectivity index is 1.94. The van der Waals surface area contributed by atoms with E-state index in [9.17, 15) is 13.2 Å². The zero-order valence-electron chi connectivity index (χ0n) is 16.4. The Morgan fingerprint density at radius 3 is 2.46 bits per heavy atom. The molecule has 0 saturated heterocycles. The zero-order chi connectivity index (χ0) is 20.5. The molecule has 28 heavy (non-hydrogen) atoms. The molecule has 1 aliphatic rings. The molecule has 1 amide bonds. The van der Waals surface area contributed by atoms with Crippen LogP contribution in [-0.4, -0.2) is 47.4 Å². The van der Waals surface area contributed by atoms with E-state index < -0.39 is 10.0 Å². The summed E-state index contributed by atoms with van der Waals surface area (Å²) in [5.74, 6) is 0.590. The Morgan fingerprint density at radius 1 is 1.14 bits per heavy atom. The van der Waals surface area contributed by atoms with Gasteiger partial charge in [-0.3, -0.25) is 9.10 Å². The van der Waals surface area contributed by atoms with E-state index in [0.717, 1.165) is 28.2 Å². The molecule has 0 N–H and O–H groups in total. The maximum absolute atomic E-state index is 13.1. The first-order valence-electron chi connectivity index (χ1n) is 8.86. The maximum atomic E-state index is 13.1. The van der Waals surface area contributed by atoms with Gasteiger partial charge in [-0.1, -0.05) is 18.2 Å². The first kappa shape index (κ1) is 20.0. The molecule has 0 saturated carbocycles. The van der Waals surface area contributed by atoms with Crippen molar-refractivity contribution in [2.75, 3.05) is 36.2 Å². The number of carbonyl (C=O) groups is 1. The fraction of sp³-hybridized carbons (Fsp3) is 0.350. The van der Waals surface area contributed by atoms with Gasteiger partial charge in [-0.05, 0) is 37.1 Å². The summed E-state index contributed by atoms with van der Waals surface area (Å²) in [6, 6.07) is 12.4. The molecular weight excluding hydrogens is 380 g/mol. The number of benzene rings is 2. The van der Waals surface area contributed by atoms with E-state index in [0.29, 0.717) is 17.2 Å². The molecule has 2 aromatic rings. The summed E-state index contributed by atoms with van der Waals surface area (Å²) >= 11 is 0. The lowest BCUT2D eigenvalue weighted by Gasteiger charge is -2.28. The highest BCUT2D eigenvalue weighted by Gasteiger charge is 2.33. The molecule has 1 heterocycles. The normalized spacial score (nSPS) is 15.9. The molecule has 1 aliphatic heterocycles. The molecule has 7 nitrogen and oxygen atoms in total. The summed E-state index contributed by atoms with van der Waals surface area (Å²) in [5, 5.41) is 0. The summed E-state index contributed by atoms with van der Waals surface area (Å²) in [6.07, 6.45) is 1.83. The number of carbonyl (C=O) groups excluding carboxylic acids is 1. The molecule has 2 aromatic carbocycles. The number of hydrogen-bond donors (Lipinski definition) is 0. The molecule has 3 rings (SSSR count). The lowest BCUT2D eigenvalue weighted by Crippen LogP contribution is -2.45. The van der Waals surface area contributed by atoms with Crippen LogP contribution in [0, 0.1) is 0 Å². The van der Waals surface area contributed by atoms with Crippen molar-refractivity contribution in [1.29, 1.82) is 0 Å². The number of rotatable bonds is 6. The Bertz CT molecular complexity index is 990. The minimum atomic E-state index is -3.69. The third kappa shape index (κ3) is 3.77. The van der Waals surface area contributed by atoms with Crippen LogP contribution < -0.4 is 18.7 Å². The summed E-state index contributed by atoms with van der Waals surface area (Å²) < 4.78 is 36.5. The number of anilines is 2. The molecular formula is C20H24N2O5S. The lowest BCUT2D eigenvalue weighted by atomic mass is 10.1. The van der Waals surface area contributed by atoms with E-state index in [1.165, 1.54) is 14.2 Å². The predicted molar refractivity (Wildman–Crippen MR) is 109 cm³/mol. The molecule has 8 heteroatoms. The number of ether oxygens (including phenoxy) is 2. The van der Waals surface area contributed by atoms with Gasteiger partial charge in [0.05, 0.1) is 26.2 Å². The molecule has 0 aliphatic carbocycles. The highest BCUT2D eigenvalue weighted by Crippen LogP contribution is 2.34. The van der Waals surface area contributed by atoms with Crippen LogP contribution in [0.25, 0.3) is 0 Å². The van der Waals surface area contributed by atoms with E-state index in [1.807, 2.05) is 31.2 Å². The van der Waals surface area contributed by atoms with Crippen LogP contribution in [0.2, 0.25) is 0 Å². The van der Waals surface area contributed by atoms with Crippen molar-refractivity contribution < 1.29 is 22.7 Å². The first-order valence-corrected chi connectivity index (χ1v) is 10.7. The van der Waals surface area contributed by atoms with Crippen molar-refractivity contribution >= 4 is 27.3 Å². The molecule has 150 valence electrons. The van der Waals surface area contributed by atoms with Gasteiger partial charge >= 0.3 is 0 Å². The minimum Gasteiger partial charge on any atom is -0.493 e. The average Bonchev–Trinajstić information content (AvgIpc) is 3.00. The van der Waals surface area contributed by atoms with Crippen molar-refractivity contribution in [2.45, 2.75) is 19.4 Å². The molecule has 0 aromatic heterocycles. The molecule has 0 radical (unpaired) electrons. The Kier molecular flexibility index (Phi) is 5.51. The molecule has 1 unspecified atom stereocenters. The molecule has 0 fully saturated rings. The van der Waals surface area contributed by atoms with Gasteiger partial charge in [0, 0.05) is 17.8 Å². The second-order valence-corrected chi connectivity index (χ2v) is 8.66. The van der Waals surface area contributed by atoms with Crippen molar-refractivity contribution in [1.82, 2.24) is 0 Å². The van der Waals surface area contributed by atoms with E-state index in [2.05, 4.69) is 0 Å². The summed E-state index contributed by atoms with van der Waals surface area (Å²) in [6.45, 7) is 1.66. The van der Waals surface area contributed by atoms with E-state index >= 15 is 0 Å². The van der Waals surface area contributed by atoms with Crippen LogP contribution in [0.4, 0.5) is 11.4 Å². The standard InChI is InChI=1S/C20H24N2O5S/c1-14-11-15-7-5-6-8-17(15)22(14)20(23)13-21(28(4,24)25)16-9-10-18(26-2)19(12-16)27-3/h5-10,12,14H,11,13H2,1-4H3. The number of amides is 1. The third-order valence-electron chi connectivity index (χ3n) is 4.81. The smallest absolute Gasteiger partial charge is 0.248 e. The Morgan fingerprint density at radius 2 is 1.82 bits per heavy atom. The van der Waals surface area contributed by atoms with Crippen LogP contribution >= 0.6 is 0 Å². The van der Waals surface area contributed by atoms with Gasteiger partial charge in [0.15, 0.2) is 11.5 Å². The van der Waals surface area contributed by atoms with Crippen LogP contribution in [0.15, 0.2) is 42.5 Å². The second kappa shape index (κ2) is 7.71. The highest BCUT2D eigenvalue weighted by atomic mass is 32.2.